The molecule has 6 heteroatoms. The minimum Gasteiger partial charge on any atom is -0.271 e. The molecule has 1 unspecified atom stereocenters. The Bertz CT molecular complexity index is 524. The van der Waals surface area contributed by atoms with Crippen molar-refractivity contribution in [1.29, 1.82) is 0 Å². The van der Waals surface area contributed by atoms with Crippen molar-refractivity contribution >= 4 is 23.2 Å². The number of nitrogens with zero attached hydrogens (tertiary/aromatic N) is 2. The molecule has 17 heavy (non-hydrogen) atoms. The molecule has 0 fully saturated rings. The summed E-state index contributed by atoms with van der Waals surface area (Å²) < 4.78 is 1.74. The van der Waals surface area contributed by atoms with E-state index >= 15 is 0 Å². The lowest BCUT2D eigenvalue weighted by molar-refractivity contribution is 0.575. The molecule has 1 aromatic heterocycles. The normalized spacial score (nSPS) is 12.7. The van der Waals surface area contributed by atoms with E-state index in [1.54, 1.807) is 16.9 Å². The van der Waals surface area contributed by atoms with Crippen molar-refractivity contribution in [2.75, 3.05) is 0 Å². The summed E-state index contributed by atoms with van der Waals surface area (Å²) in [7, 11) is 1.85. The predicted molar refractivity (Wildman–Crippen MR) is 68.8 cm³/mol. The highest BCUT2D eigenvalue weighted by atomic mass is 35.5. The molecule has 0 radical (unpaired) electrons. The quantitative estimate of drug-likeness (QED) is 0.665. The average molecular weight is 271 g/mol. The smallest absolute Gasteiger partial charge is 0.0893 e. The Morgan fingerprint density at radius 3 is 2.71 bits per heavy atom. The molecule has 1 aromatic carbocycles. The van der Waals surface area contributed by atoms with Crippen molar-refractivity contribution in [1.82, 2.24) is 15.2 Å². The Labute approximate surface area is 109 Å². The molecule has 0 spiro atoms. The molecule has 0 aliphatic rings. The number of hydrogen-bond donors (Lipinski definition) is 2. The second kappa shape index (κ2) is 5.06. The third kappa shape index (κ3) is 2.30. The zero-order chi connectivity index (χ0) is 12.4. The van der Waals surface area contributed by atoms with Crippen molar-refractivity contribution in [3.63, 3.8) is 0 Å². The van der Waals surface area contributed by atoms with Gasteiger partial charge in [-0.05, 0) is 17.7 Å². The number of nitrogens with two attached hydrogens (primary N) is 1. The maximum absolute atomic E-state index is 6.18. The number of rotatable bonds is 3. The van der Waals surface area contributed by atoms with E-state index in [1.807, 2.05) is 25.2 Å². The van der Waals surface area contributed by atoms with Crippen LogP contribution in [0, 0.1) is 0 Å². The van der Waals surface area contributed by atoms with E-state index in [-0.39, 0.29) is 6.04 Å². The summed E-state index contributed by atoms with van der Waals surface area (Å²) in [5.74, 6) is 5.59. The fraction of sp³-hybridized carbons (Fsp3) is 0.182. The second-order valence-electron chi connectivity index (χ2n) is 3.62. The van der Waals surface area contributed by atoms with Crippen molar-refractivity contribution < 1.29 is 0 Å². The van der Waals surface area contributed by atoms with Gasteiger partial charge < -0.3 is 0 Å². The van der Waals surface area contributed by atoms with Crippen LogP contribution >= 0.6 is 23.2 Å². The largest absolute Gasteiger partial charge is 0.271 e. The Hall–Kier alpha value is -1.07. The summed E-state index contributed by atoms with van der Waals surface area (Å²) >= 11 is 12.2. The molecule has 0 aliphatic heterocycles. The molecule has 0 aliphatic carbocycles. The minimum absolute atomic E-state index is 0.242. The lowest BCUT2D eigenvalue weighted by Crippen LogP contribution is -2.30. The monoisotopic (exact) mass is 270 g/mol. The van der Waals surface area contributed by atoms with Gasteiger partial charge >= 0.3 is 0 Å². The van der Waals surface area contributed by atoms with E-state index in [2.05, 4.69) is 10.5 Å². The fourth-order valence-electron chi connectivity index (χ4n) is 1.75. The summed E-state index contributed by atoms with van der Waals surface area (Å²) in [4.78, 5) is 0. The first-order valence-electron chi connectivity index (χ1n) is 5.03. The van der Waals surface area contributed by atoms with Gasteiger partial charge in [-0.2, -0.15) is 5.10 Å². The molecular weight excluding hydrogens is 259 g/mol. The number of benzene rings is 1. The Morgan fingerprint density at radius 2 is 2.12 bits per heavy atom. The molecule has 2 aromatic rings. The lowest BCUT2D eigenvalue weighted by Gasteiger charge is -2.18. The van der Waals surface area contributed by atoms with Gasteiger partial charge in [0.1, 0.15) is 0 Å². The number of halogens is 2. The van der Waals surface area contributed by atoms with E-state index in [4.69, 9.17) is 29.0 Å². The van der Waals surface area contributed by atoms with Crippen LogP contribution in [0.3, 0.4) is 0 Å². The average Bonchev–Trinajstić information content (AvgIpc) is 2.72. The summed E-state index contributed by atoms with van der Waals surface area (Å²) in [6, 6.07) is 7.09. The summed E-state index contributed by atoms with van der Waals surface area (Å²) in [5.41, 5.74) is 4.46. The van der Waals surface area contributed by atoms with Gasteiger partial charge in [0, 0.05) is 13.2 Å². The molecule has 0 amide bonds. The highest BCUT2D eigenvalue weighted by Crippen LogP contribution is 2.32. The van der Waals surface area contributed by atoms with Crippen molar-refractivity contribution in [3.05, 3.63) is 51.8 Å². The van der Waals surface area contributed by atoms with Crippen LogP contribution in [0.25, 0.3) is 0 Å². The van der Waals surface area contributed by atoms with Crippen LogP contribution in [-0.4, -0.2) is 9.78 Å². The molecule has 2 rings (SSSR count). The molecule has 4 nitrogen and oxygen atoms in total. The molecule has 0 saturated carbocycles. The summed E-state index contributed by atoms with van der Waals surface area (Å²) in [6.07, 6.45) is 1.71. The SMILES string of the molecule is Cn1nccc1C(NN)c1cccc(Cl)c1Cl. The van der Waals surface area contributed by atoms with Gasteiger partial charge in [-0.15, -0.1) is 0 Å². The summed E-state index contributed by atoms with van der Waals surface area (Å²) in [5, 5.41) is 5.11. The van der Waals surface area contributed by atoms with Crippen LogP contribution < -0.4 is 11.3 Å². The van der Waals surface area contributed by atoms with Gasteiger partial charge in [-0.1, -0.05) is 35.3 Å². The van der Waals surface area contributed by atoms with Crippen LogP contribution in [0.4, 0.5) is 0 Å². The number of aryl methyl sites for hydroxylation is 1. The van der Waals surface area contributed by atoms with Crippen LogP contribution in [0.15, 0.2) is 30.5 Å². The highest BCUT2D eigenvalue weighted by Gasteiger charge is 2.19. The molecular formula is C11H12Cl2N4. The first kappa shape index (κ1) is 12.4. The van der Waals surface area contributed by atoms with Crippen molar-refractivity contribution in [2.45, 2.75) is 6.04 Å². The maximum Gasteiger partial charge on any atom is 0.0893 e. The zero-order valence-corrected chi connectivity index (χ0v) is 10.7. The van der Waals surface area contributed by atoms with Crippen LogP contribution in [-0.2, 0) is 7.05 Å². The Morgan fingerprint density at radius 1 is 1.35 bits per heavy atom. The molecule has 1 heterocycles. The lowest BCUT2D eigenvalue weighted by atomic mass is 10.0. The highest BCUT2D eigenvalue weighted by molar-refractivity contribution is 6.42. The van der Waals surface area contributed by atoms with Crippen LogP contribution in [0.5, 0.6) is 0 Å². The minimum atomic E-state index is -0.242. The number of hydrazine groups is 1. The third-order valence-electron chi connectivity index (χ3n) is 2.61. The predicted octanol–water partition coefficient (Wildman–Crippen LogP) is 2.28. The van der Waals surface area contributed by atoms with E-state index in [0.29, 0.717) is 10.0 Å². The summed E-state index contributed by atoms with van der Waals surface area (Å²) in [6.45, 7) is 0. The van der Waals surface area contributed by atoms with Gasteiger partial charge in [0.25, 0.3) is 0 Å². The van der Waals surface area contributed by atoms with E-state index in [0.717, 1.165) is 11.3 Å². The Kier molecular flexibility index (Phi) is 3.69. The van der Waals surface area contributed by atoms with Gasteiger partial charge in [0.2, 0.25) is 0 Å². The first-order valence-corrected chi connectivity index (χ1v) is 5.78. The topological polar surface area (TPSA) is 55.9 Å². The molecule has 0 saturated heterocycles. The Balaban J connectivity index is 2.50. The van der Waals surface area contributed by atoms with Crippen LogP contribution in [0.1, 0.15) is 17.3 Å². The van der Waals surface area contributed by atoms with Crippen molar-refractivity contribution in [2.24, 2.45) is 12.9 Å². The van der Waals surface area contributed by atoms with E-state index in [9.17, 15) is 0 Å². The number of nitrogens with one attached hydrogen (secondary N) is 1. The van der Waals surface area contributed by atoms with E-state index in [1.165, 1.54) is 0 Å². The van der Waals surface area contributed by atoms with Crippen molar-refractivity contribution in [3.8, 4) is 0 Å². The van der Waals surface area contributed by atoms with Gasteiger partial charge in [0.15, 0.2) is 0 Å². The molecule has 1 atom stereocenters. The molecule has 0 bridgehead atoms. The van der Waals surface area contributed by atoms with E-state index < -0.39 is 0 Å². The van der Waals surface area contributed by atoms with Gasteiger partial charge in [-0.25, -0.2) is 5.43 Å². The third-order valence-corrected chi connectivity index (χ3v) is 3.45. The fourth-order valence-corrected chi connectivity index (χ4v) is 2.16. The van der Waals surface area contributed by atoms with Gasteiger partial charge in [-0.3, -0.25) is 10.5 Å². The van der Waals surface area contributed by atoms with Crippen LogP contribution in [0.2, 0.25) is 10.0 Å². The number of hydrogen-bond acceptors (Lipinski definition) is 3. The molecule has 3 N–H and O–H groups in total. The maximum atomic E-state index is 6.18. The molecule has 90 valence electrons. The second-order valence-corrected chi connectivity index (χ2v) is 4.41. The standard InChI is InChI=1S/C11H12Cl2N4/c1-17-9(5-6-15-17)11(16-14)7-3-2-4-8(12)10(7)13/h2-6,11,16H,14H2,1H3. The zero-order valence-electron chi connectivity index (χ0n) is 9.19. The number of aromatic nitrogens is 2. The van der Waals surface area contributed by atoms with Gasteiger partial charge in [0.05, 0.1) is 21.8 Å². The first-order chi connectivity index (χ1) is 8.15.